The molecule has 0 bridgehead atoms. The van der Waals surface area contributed by atoms with Crippen molar-refractivity contribution >= 4 is 5.78 Å². The summed E-state index contributed by atoms with van der Waals surface area (Å²) in [6, 6.07) is 0. The van der Waals surface area contributed by atoms with Gasteiger partial charge in [0.1, 0.15) is 6.10 Å². The minimum absolute atomic E-state index is 0.210. The van der Waals surface area contributed by atoms with E-state index < -0.39 is 0 Å². The van der Waals surface area contributed by atoms with Crippen LogP contribution in [0.4, 0.5) is 0 Å². The van der Waals surface area contributed by atoms with Gasteiger partial charge in [-0.2, -0.15) is 0 Å². The van der Waals surface area contributed by atoms with Crippen LogP contribution in [0.1, 0.15) is 46.0 Å². The van der Waals surface area contributed by atoms with Crippen LogP contribution >= 0.6 is 0 Å². The Bertz CT molecular complexity index is 181. The number of rotatable bonds is 4. The minimum atomic E-state index is -0.210. The van der Waals surface area contributed by atoms with Crippen molar-refractivity contribution in [2.24, 2.45) is 11.8 Å². The van der Waals surface area contributed by atoms with Crippen LogP contribution in [-0.2, 0) is 9.53 Å². The van der Waals surface area contributed by atoms with Crippen molar-refractivity contribution in [1.29, 1.82) is 0 Å². The maximum atomic E-state index is 11.8. The Morgan fingerprint density at radius 2 is 1.93 bits per heavy atom. The Balaban J connectivity index is 2.37. The van der Waals surface area contributed by atoms with E-state index in [4.69, 9.17) is 4.74 Å². The second kappa shape index (κ2) is 5.50. The Morgan fingerprint density at radius 3 is 2.36 bits per heavy atom. The summed E-state index contributed by atoms with van der Waals surface area (Å²) in [5.41, 5.74) is 0. The standard InChI is InChI=1S/C12H22O2/c1-4-10-5-7-11(8-6-10)12(13)9(2)14-3/h9-11H,4-8H2,1-3H3. The molecule has 1 saturated carbocycles. The molecule has 0 aromatic heterocycles. The lowest BCUT2D eigenvalue weighted by atomic mass is 9.78. The van der Waals surface area contributed by atoms with E-state index in [1.807, 2.05) is 6.92 Å². The van der Waals surface area contributed by atoms with Gasteiger partial charge in [0.25, 0.3) is 0 Å². The second-order valence-electron chi connectivity index (χ2n) is 4.41. The molecule has 1 aliphatic rings. The van der Waals surface area contributed by atoms with Gasteiger partial charge < -0.3 is 4.74 Å². The lowest BCUT2D eigenvalue weighted by Gasteiger charge is -2.28. The van der Waals surface area contributed by atoms with Gasteiger partial charge in [0.05, 0.1) is 0 Å². The van der Waals surface area contributed by atoms with Crippen LogP contribution in [0.3, 0.4) is 0 Å². The van der Waals surface area contributed by atoms with Gasteiger partial charge in [0.15, 0.2) is 5.78 Å². The molecule has 0 radical (unpaired) electrons. The highest BCUT2D eigenvalue weighted by Crippen LogP contribution is 2.31. The molecule has 0 aliphatic heterocycles. The summed E-state index contributed by atoms with van der Waals surface area (Å²) in [5, 5.41) is 0. The molecule has 1 aliphatic carbocycles. The fourth-order valence-electron chi connectivity index (χ4n) is 2.30. The van der Waals surface area contributed by atoms with Crippen molar-refractivity contribution in [2.75, 3.05) is 7.11 Å². The van der Waals surface area contributed by atoms with Crippen LogP contribution in [0.2, 0.25) is 0 Å². The highest BCUT2D eigenvalue weighted by molar-refractivity contribution is 5.85. The molecule has 1 atom stereocenters. The van der Waals surface area contributed by atoms with Gasteiger partial charge in [-0.1, -0.05) is 13.3 Å². The molecule has 82 valence electrons. The number of carbonyl (C=O) groups is 1. The van der Waals surface area contributed by atoms with Gasteiger partial charge in [-0.15, -0.1) is 0 Å². The van der Waals surface area contributed by atoms with Crippen molar-refractivity contribution in [3.05, 3.63) is 0 Å². The van der Waals surface area contributed by atoms with E-state index in [0.29, 0.717) is 5.78 Å². The van der Waals surface area contributed by atoms with Gasteiger partial charge >= 0.3 is 0 Å². The summed E-state index contributed by atoms with van der Waals surface area (Å²) < 4.78 is 5.07. The van der Waals surface area contributed by atoms with Crippen molar-refractivity contribution in [1.82, 2.24) is 0 Å². The average Bonchev–Trinajstić information content (AvgIpc) is 2.27. The molecule has 14 heavy (non-hydrogen) atoms. The predicted octanol–water partition coefficient (Wildman–Crippen LogP) is 2.81. The third-order valence-electron chi connectivity index (χ3n) is 3.58. The average molecular weight is 198 g/mol. The molecule has 0 aromatic rings. The van der Waals surface area contributed by atoms with E-state index in [1.54, 1.807) is 7.11 Å². The second-order valence-corrected chi connectivity index (χ2v) is 4.41. The number of methoxy groups -OCH3 is 1. The Morgan fingerprint density at radius 1 is 1.36 bits per heavy atom. The molecule has 1 rings (SSSR count). The topological polar surface area (TPSA) is 26.3 Å². The zero-order chi connectivity index (χ0) is 10.6. The SMILES string of the molecule is CCC1CCC(C(=O)C(C)OC)CC1. The molecule has 2 heteroatoms. The Kier molecular flexibility index (Phi) is 4.59. The largest absolute Gasteiger partial charge is 0.374 e. The normalized spacial score (nSPS) is 29.9. The summed E-state index contributed by atoms with van der Waals surface area (Å²) >= 11 is 0. The van der Waals surface area contributed by atoms with Crippen molar-refractivity contribution in [3.8, 4) is 0 Å². The Labute approximate surface area is 87.0 Å². The fourth-order valence-corrected chi connectivity index (χ4v) is 2.30. The van der Waals surface area contributed by atoms with Crippen LogP contribution in [0, 0.1) is 11.8 Å². The summed E-state index contributed by atoms with van der Waals surface area (Å²) in [6.45, 7) is 4.10. The van der Waals surface area contributed by atoms with Crippen molar-refractivity contribution in [2.45, 2.75) is 52.1 Å². The molecular weight excluding hydrogens is 176 g/mol. The smallest absolute Gasteiger partial charge is 0.164 e. The van der Waals surface area contributed by atoms with Gasteiger partial charge in [-0.3, -0.25) is 4.79 Å². The van der Waals surface area contributed by atoms with Gasteiger partial charge in [0, 0.05) is 13.0 Å². The van der Waals surface area contributed by atoms with Gasteiger partial charge in [-0.25, -0.2) is 0 Å². The molecule has 1 fully saturated rings. The quantitative estimate of drug-likeness (QED) is 0.694. The predicted molar refractivity (Wildman–Crippen MR) is 57.2 cm³/mol. The van der Waals surface area contributed by atoms with Crippen LogP contribution in [0.15, 0.2) is 0 Å². The highest BCUT2D eigenvalue weighted by atomic mass is 16.5. The number of Topliss-reactive ketones (excluding diaryl/α,β-unsaturated/α-hetero) is 1. The summed E-state index contributed by atoms with van der Waals surface area (Å²) in [6.07, 6.45) is 5.65. The number of hydrogen-bond donors (Lipinski definition) is 0. The molecule has 0 aromatic carbocycles. The molecule has 0 heterocycles. The van der Waals surface area contributed by atoms with E-state index in [1.165, 1.54) is 19.3 Å². The zero-order valence-corrected chi connectivity index (χ0v) is 9.58. The molecule has 0 spiro atoms. The highest BCUT2D eigenvalue weighted by Gasteiger charge is 2.28. The van der Waals surface area contributed by atoms with Crippen LogP contribution in [0.25, 0.3) is 0 Å². The summed E-state index contributed by atoms with van der Waals surface area (Å²) in [7, 11) is 1.61. The number of carbonyl (C=O) groups excluding carboxylic acids is 1. The van der Waals surface area contributed by atoms with E-state index in [-0.39, 0.29) is 12.0 Å². The lowest BCUT2D eigenvalue weighted by molar-refractivity contribution is -0.133. The number of hydrogen-bond acceptors (Lipinski definition) is 2. The van der Waals surface area contributed by atoms with E-state index in [9.17, 15) is 4.79 Å². The summed E-state index contributed by atoms with van der Waals surface area (Å²) in [4.78, 5) is 11.8. The first-order valence-electron chi connectivity index (χ1n) is 5.75. The van der Waals surface area contributed by atoms with Gasteiger partial charge in [0.2, 0.25) is 0 Å². The van der Waals surface area contributed by atoms with Crippen molar-refractivity contribution in [3.63, 3.8) is 0 Å². The molecule has 0 saturated heterocycles. The lowest BCUT2D eigenvalue weighted by Crippen LogP contribution is -2.30. The molecule has 2 nitrogen and oxygen atoms in total. The van der Waals surface area contributed by atoms with E-state index >= 15 is 0 Å². The number of ketones is 1. The molecule has 1 unspecified atom stereocenters. The van der Waals surface area contributed by atoms with Crippen molar-refractivity contribution < 1.29 is 9.53 Å². The Hall–Kier alpha value is -0.370. The fraction of sp³-hybridized carbons (Fsp3) is 0.917. The van der Waals surface area contributed by atoms with Gasteiger partial charge in [-0.05, 0) is 38.5 Å². The minimum Gasteiger partial charge on any atom is -0.374 e. The maximum Gasteiger partial charge on any atom is 0.164 e. The third-order valence-corrected chi connectivity index (χ3v) is 3.58. The first-order chi connectivity index (χ1) is 6.69. The molecule has 0 N–H and O–H groups in total. The maximum absolute atomic E-state index is 11.8. The van der Waals surface area contributed by atoms with E-state index in [2.05, 4.69) is 6.92 Å². The zero-order valence-electron chi connectivity index (χ0n) is 9.58. The van der Waals surface area contributed by atoms with E-state index in [0.717, 1.165) is 18.8 Å². The summed E-state index contributed by atoms with van der Waals surface area (Å²) in [5.74, 6) is 1.44. The first-order valence-corrected chi connectivity index (χ1v) is 5.75. The number of ether oxygens (including phenoxy) is 1. The third kappa shape index (κ3) is 2.81. The van der Waals surface area contributed by atoms with Crippen LogP contribution in [0.5, 0.6) is 0 Å². The monoisotopic (exact) mass is 198 g/mol. The van der Waals surface area contributed by atoms with Crippen LogP contribution < -0.4 is 0 Å². The molecular formula is C12H22O2. The van der Waals surface area contributed by atoms with Crippen LogP contribution in [-0.4, -0.2) is 19.0 Å². The molecule has 0 amide bonds. The first kappa shape index (κ1) is 11.7.